The van der Waals surface area contributed by atoms with Crippen LogP contribution in [0.4, 0.5) is 0 Å². The quantitative estimate of drug-likeness (QED) is 0.0204. The van der Waals surface area contributed by atoms with Crippen molar-refractivity contribution in [1.29, 1.82) is 0 Å². The summed E-state index contributed by atoms with van der Waals surface area (Å²) in [6.07, 6.45) is 59.2. The Morgan fingerprint density at radius 1 is 0.446 bits per heavy atom. The fourth-order valence-electron chi connectivity index (χ4n) is 9.98. The Kier molecular flexibility index (Phi) is 48.3. The van der Waals surface area contributed by atoms with E-state index in [0.29, 0.717) is 12.8 Å². The summed E-state index contributed by atoms with van der Waals surface area (Å²) in [4.78, 5) is 13.2. The summed E-state index contributed by atoms with van der Waals surface area (Å²) in [5.74, 6) is -0.255. The molecule has 83 heavy (non-hydrogen) atoms. The third kappa shape index (κ3) is 37.7. The van der Waals surface area contributed by atoms with E-state index in [1.807, 2.05) is 6.08 Å². The maximum Gasteiger partial charge on any atom is 0.220 e. The zero-order valence-electron chi connectivity index (χ0n) is 51.4. The first-order chi connectivity index (χ1) is 40.6. The number of hydrogen-bond donors (Lipinski definition) is 9. The summed E-state index contributed by atoms with van der Waals surface area (Å²) >= 11 is 0. The predicted octanol–water partition coefficient (Wildman–Crippen LogP) is 12.4. The number of unbranched alkanes of at least 4 members (excludes halogenated alkanes) is 22. The van der Waals surface area contributed by atoms with Crippen LogP contribution in [0.25, 0.3) is 0 Å². The standard InChI is InChI=1S/C69H117NO13/c1-3-5-7-9-11-13-14-15-16-17-18-19-20-21-22-23-24-25-26-27-28-29-30-31-32-33-34-35-36-37-38-39-40-41-42-43-44-45-47-49-51-53-61(74)70-57(58(73)52-50-48-46-12-10-8-6-4-2)56-80-68-66(79)64(77)67(60(55-72)82-68)83-69-65(78)63(76)62(75)59(54-71)81-69/h5,7,10-13,15-16,18-19,21-22,24-25,27-28,50,52,57-60,62-69,71-73,75-79H,3-4,6,8-9,14,17,20,23,26,29-49,51,53-56H2,1-2H3,(H,70,74)/b7-5-,12-10+,13-11-,16-15-,19-18-,22-21-,25-24-,28-27-,52-50+. The van der Waals surface area contributed by atoms with Gasteiger partial charge in [0, 0.05) is 6.42 Å². The molecule has 1 amide bonds. The van der Waals surface area contributed by atoms with Gasteiger partial charge in [-0.05, 0) is 83.5 Å². The minimum atomic E-state index is -1.79. The van der Waals surface area contributed by atoms with Crippen molar-refractivity contribution in [2.24, 2.45) is 0 Å². The molecule has 0 aromatic rings. The van der Waals surface area contributed by atoms with Crippen LogP contribution >= 0.6 is 0 Å². The monoisotopic (exact) mass is 1170 g/mol. The molecule has 2 saturated heterocycles. The smallest absolute Gasteiger partial charge is 0.220 e. The van der Waals surface area contributed by atoms with Gasteiger partial charge in [-0.3, -0.25) is 4.79 Å². The van der Waals surface area contributed by atoms with Crippen LogP contribution in [0.5, 0.6) is 0 Å². The van der Waals surface area contributed by atoms with Crippen molar-refractivity contribution < 1.29 is 64.6 Å². The Balaban J connectivity index is 1.52. The zero-order valence-corrected chi connectivity index (χ0v) is 51.4. The molecule has 0 bridgehead atoms. The molecule has 9 N–H and O–H groups in total. The second-order valence-corrected chi connectivity index (χ2v) is 22.5. The molecular weight excluding hydrogens is 1050 g/mol. The number of amides is 1. The fourth-order valence-corrected chi connectivity index (χ4v) is 9.98. The molecule has 2 heterocycles. The fraction of sp³-hybridized carbons (Fsp3) is 0.725. The highest BCUT2D eigenvalue weighted by Crippen LogP contribution is 2.30. The molecule has 476 valence electrons. The molecule has 2 aliphatic heterocycles. The Bertz CT molecular complexity index is 1810. The molecule has 14 nitrogen and oxygen atoms in total. The number of carbonyl (C=O) groups excluding carboxylic acids is 1. The highest BCUT2D eigenvalue weighted by Gasteiger charge is 2.51. The van der Waals surface area contributed by atoms with Gasteiger partial charge in [0.25, 0.3) is 0 Å². The predicted molar refractivity (Wildman–Crippen MR) is 336 cm³/mol. The molecule has 0 radical (unpaired) electrons. The molecule has 0 aromatic heterocycles. The van der Waals surface area contributed by atoms with Gasteiger partial charge in [-0.2, -0.15) is 0 Å². The number of aliphatic hydroxyl groups excluding tert-OH is 8. The Labute approximate surface area is 502 Å². The van der Waals surface area contributed by atoms with Gasteiger partial charge in [0.15, 0.2) is 12.6 Å². The average Bonchev–Trinajstić information content (AvgIpc) is 3.45. The summed E-state index contributed by atoms with van der Waals surface area (Å²) in [5, 5.41) is 86.7. The molecule has 2 fully saturated rings. The topological polar surface area (TPSA) is 228 Å². The molecule has 0 saturated carbocycles. The van der Waals surface area contributed by atoms with E-state index in [4.69, 9.17) is 18.9 Å². The Morgan fingerprint density at radius 3 is 1.33 bits per heavy atom. The molecule has 2 aliphatic rings. The normalized spacial score (nSPS) is 24.6. The van der Waals surface area contributed by atoms with E-state index >= 15 is 0 Å². The second kappa shape index (κ2) is 52.9. The lowest BCUT2D eigenvalue weighted by atomic mass is 9.97. The van der Waals surface area contributed by atoms with E-state index in [0.717, 1.165) is 89.9 Å². The molecule has 2 rings (SSSR count). The molecule has 0 aromatic carbocycles. The first kappa shape index (κ1) is 75.7. The number of aliphatic hydroxyl groups is 8. The maximum absolute atomic E-state index is 13.2. The Morgan fingerprint density at radius 2 is 0.843 bits per heavy atom. The number of hydrogen-bond acceptors (Lipinski definition) is 13. The van der Waals surface area contributed by atoms with Crippen molar-refractivity contribution in [3.05, 3.63) is 109 Å². The van der Waals surface area contributed by atoms with Crippen LogP contribution in [0.3, 0.4) is 0 Å². The lowest BCUT2D eigenvalue weighted by Gasteiger charge is -2.46. The van der Waals surface area contributed by atoms with E-state index in [1.165, 1.54) is 103 Å². The first-order valence-corrected chi connectivity index (χ1v) is 32.6. The van der Waals surface area contributed by atoms with Gasteiger partial charge in [-0.1, -0.05) is 245 Å². The van der Waals surface area contributed by atoms with Gasteiger partial charge in [0.2, 0.25) is 5.91 Å². The van der Waals surface area contributed by atoms with Gasteiger partial charge >= 0.3 is 0 Å². The Hall–Kier alpha value is -3.35. The largest absolute Gasteiger partial charge is 0.394 e. The summed E-state index contributed by atoms with van der Waals surface area (Å²) < 4.78 is 22.7. The van der Waals surface area contributed by atoms with Crippen LogP contribution in [-0.2, 0) is 23.7 Å². The number of allylic oxidation sites excluding steroid dienone is 17. The van der Waals surface area contributed by atoms with Crippen LogP contribution in [-0.4, -0.2) is 140 Å². The van der Waals surface area contributed by atoms with E-state index < -0.39 is 86.8 Å². The van der Waals surface area contributed by atoms with Gasteiger partial charge in [0.05, 0.1) is 32.0 Å². The van der Waals surface area contributed by atoms with Crippen molar-refractivity contribution >= 4 is 5.91 Å². The average molecular weight is 1170 g/mol. The molecule has 0 aliphatic carbocycles. The number of carbonyl (C=O) groups is 1. The van der Waals surface area contributed by atoms with Gasteiger partial charge in [-0.25, -0.2) is 0 Å². The van der Waals surface area contributed by atoms with Gasteiger partial charge < -0.3 is 65.1 Å². The van der Waals surface area contributed by atoms with Gasteiger partial charge in [0.1, 0.15) is 48.8 Å². The third-order valence-corrected chi connectivity index (χ3v) is 15.2. The maximum atomic E-state index is 13.2. The molecular formula is C69H117NO13. The molecule has 12 atom stereocenters. The minimum Gasteiger partial charge on any atom is -0.394 e. The number of ether oxygens (including phenoxy) is 4. The summed E-state index contributed by atoms with van der Waals surface area (Å²) in [6.45, 7) is 2.57. The van der Waals surface area contributed by atoms with E-state index in [1.54, 1.807) is 6.08 Å². The number of rotatable bonds is 51. The summed E-state index contributed by atoms with van der Waals surface area (Å²) in [7, 11) is 0. The first-order valence-electron chi connectivity index (χ1n) is 32.6. The lowest BCUT2D eigenvalue weighted by molar-refractivity contribution is -0.359. The van der Waals surface area contributed by atoms with Crippen LogP contribution in [0.1, 0.15) is 226 Å². The van der Waals surface area contributed by atoms with Crippen molar-refractivity contribution in [3.8, 4) is 0 Å². The minimum absolute atomic E-state index is 0.255. The summed E-state index contributed by atoms with van der Waals surface area (Å²) in [6, 6.07) is -0.932. The van der Waals surface area contributed by atoms with Crippen molar-refractivity contribution in [2.75, 3.05) is 19.8 Å². The van der Waals surface area contributed by atoms with Crippen LogP contribution < -0.4 is 5.32 Å². The molecule has 0 spiro atoms. The van der Waals surface area contributed by atoms with Crippen molar-refractivity contribution in [2.45, 2.75) is 299 Å². The van der Waals surface area contributed by atoms with Crippen molar-refractivity contribution in [1.82, 2.24) is 5.32 Å². The molecule has 14 heteroatoms. The summed E-state index contributed by atoms with van der Waals surface area (Å²) in [5.41, 5.74) is 0. The second-order valence-electron chi connectivity index (χ2n) is 22.5. The molecule has 12 unspecified atom stereocenters. The highest BCUT2D eigenvalue weighted by molar-refractivity contribution is 5.76. The van der Waals surface area contributed by atoms with Crippen molar-refractivity contribution in [3.63, 3.8) is 0 Å². The van der Waals surface area contributed by atoms with E-state index in [9.17, 15) is 45.6 Å². The highest BCUT2D eigenvalue weighted by atomic mass is 16.7. The van der Waals surface area contributed by atoms with Crippen LogP contribution in [0, 0.1) is 0 Å². The lowest BCUT2D eigenvalue weighted by Crippen LogP contribution is -2.65. The van der Waals surface area contributed by atoms with Crippen LogP contribution in [0.2, 0.25) is 0 Å². The van der Waals surface area contributed by atoms with Gasteiger partial charge in [-0.15, -0.1) is 0 Å². The van der Waals surface area contributed by atoms with E-state index in [-0.39, 0.29) is 18.9 Å². The third-order valence-electron chi connectivity index (χ3n) is 15.2. The SMILES string of the molecule is CC/C=C\C/C=C\C/C=C\C/C=C\C/C=C\C/C=C\C/C=C\CCCCCCCCCCCCCCCCCCCCCC(=O)NC(COC1OC(CO)C(OC2OC(CO)C(O)C(O)C2O)C(O)C1O)C(O)/C=C/CC/C=C/CCCC. The zero-order chi connectivity index (χ0) is 60.2. The van der Waals surface area contributed by atoms with Crippen LogP contribution in [0.15, 0.2) is 109 Å². The number of nitrogens with one attached hydrogen (secondary N) is 1. The van der Waals surface area contributed by atoms with E-state index in [2.05, 4.69) is 116 Å².